The van der Waals surface area contributed by atoms with Crippen LogP contribution in [0.2, 0.25) is 10.0 Å². The van der Waals surface area contributed by atoms with Gasteiger partial charge in [-0.05, 0) is 31.2 Å². The average molecular weight is 284 g/mol. The van der Waals surface area contributed by atoms with Gasteiger partial charge < -0.3 is 5.32 Å². The molecule has 18 heavy (non-hydrogen) atoms. The molecule has 5 heteroatoms. The highest BCUT2D eigenvalue weighted by Gasteiger charge is 2.05. The zero-order valence-corrected chi connectivity index (χ0v) is 11.7. The van der Waals surface area contributed by atoms with Gasteiger partial charge in [0.25, 0.3) is 0 Å². The van der Waals surface area contributed by atoms with Crippen LogP contribution >= 0.6 is 23.2 Å². The first-order chi connectivity index (χ1) is 8.70. The molecule has 0 aliphatic heterocycles. The van der Waals surface area contributed by atoms with Crippen LogP contribution in [0.3, 0.4) is 0 Å². The second-order valence-corrected chi connectivity index (χ2v) is 4.91. The molecule has 0 radical (unpaired) electrons. The molecule has 2 rings (SSSR count). The standard InChI is InChI=1S/C13H15Cl2N3/c1-2-5-16-7-10-8-17-18(9-10)13-4-3-11(14)6-12(13)15/h3-4,6,8-9,16H,2,5,7H2,1H3. The molecular formula is C13H15Cl2N3. The van der Waals surface area contributed by atoms with Crippen molar-refractivity contribution in [1.82, 2.24) is 15.1 Å². The van der Waals surface area contributed by atoms with Gasteiger partial charge in [0.1, 0.15) is 0 Å². The highest BCUT2D eigenvalue weighted by atomic mass is 35.5. The molecule has 0 unspecified atom stereocenters. The fourth-order valence-corrected chi connectivity index (χ4v) is 2.15. The minimum atomic E-state index is 0.596. The third-order valence-electron chi connectivity index (χ3n) is 2.55. The minimum absolute atomic E-state index is 0.596. The van der Waals surface area contributed by atoms with E-state index in [2.05, 4.69) is 17.3 Å². The largest absolute Gasteiger partial charge is 0.313 e. The molecule has 0 fully saturated rings. The highest BCUT2D eigenvalue weighted by molar-refractivity contribution is 6.35. The van der Waals surface area contributed by atoms with Crippen molar-refractivity contribution in [3.63, 3.8) is 0 Å². The van der Waals surface area contributed by atoms with E-state index in [0.29, 0.717) is 10.0 Å². The van der Waals surface area contributed by atoms with Crippen LogP contribution in [-0.2, 0) is 6.54 Å². The normalized spacial score (nSPS) is 10.8. The first-order valence-electron chi connectivity index (χ1n) is 5.90. The third kappa shape index (κ3) is 3.25. The van der Waals surface area contributed by atoms with Crippen LogP contribution in [0, 0.1) is 0 Å². The zero-order chi connectivity index (χ0) is 13.0. The maximum atomic E-state index is 6.14. The van der Waals surface area contributed by atoms with E-state index in [1.54, 1.807) is 16.8 Å². The Kier molecular flexibility index (Phi) is 4.64. The van der Waals surface area contributed by atoms with Crippen LogP contribution in [0.1, 0.15) is 18.9 Å². The van der Waals surface area contributed by atoms with E-state index in [0.717, 1.165) is 30.8 Å². The summed E-state index contributed by atoms with van der Waals surface area (Å²) in [5, 5.41) is 8.86. The highest BCUT2D eigenvalue weighted by Crippen LogP contribution is 2.23. The Labute approximate surface area is 117 Å². The minimum Gasteiger partial charge on any atom is -0.313 e. The second kappa shape index (κ2) is 6.23. The van der Waals surface area contributed by atoms with Crippen molar-refractivity contribution < 1.29 is 0 Å². The lowest BCUT2D eigenvalue weighted by atomic mass is 10.3. The van der Waals surface area contributed by atoms with Crippen LogP contribution in [0.25, 0.3) is 5.69 Å². The molecule has 2 aromatic rings. The van der Waals surface area contributed by atoms with Gasteiger partial charge in [0.2, 0.25) is 0 Å². The lowest BCUT2D eigenvalue weighted by Crippen LogP contribution is -2.13. The van der Waals surface area contributed by atoms with Crippen molar-refractivity contribution in [2.75, 3.05) is 6.54 Å². The lowest BCUT2D eigenvalue weighted by Gasteiger charge is -2.04. The summed E-state index contributed by atoms with van der Waals surface area (Å²) in [6.45, 7) is 3.97. The maximum Gasteiger partial charge on any atom is 0.0832 e. The van der Waals surface area contributed by atoms with Crippen LogP contribution in [0.4, 0.5) is 0 Å². The van der Waals surface area contributed by atoms with Crippen LogP contribution in [0.5, 0.6) is 0 Å². The van der Waals surface area contributed by atoms with Gasteiger partial charge in [0, 0.05) is 23.3 Å². The van der Waals surface area contributed by atoms with Gasteiger partial charge in [-0.1, -0.05) is 30.1 Å². The molecule has 96 valence electrons. The number of rotatable bonds is 5. The van der Waals surface area contributed by atoms with E-state index < -0.39 is 0 Å². The van der Waals surface area contributed by atoms with E-state index in [9.17, 15) is 0 Å². The smallest absolute Gasteiger partial charge is 0.0832 e. The van der Waals surface area contributed by atoms with Crippen molar-refractivity contribution in [3.05, 3.63) is 46.2 Å². The van der Waals surface area contributed by atoms with Crippen LogP contribution < -0.4 is 5.32 Å². The molecular weight excluding hydrogens is 269 g/mol. The van der Waals surface area contributed by atoms with Crippen molar-refractivity contribution in [3.8, 4) is 5.69 Å². The molecule has 0 saturated heterocycles. The summed E-state index contributed by atoms with van der Waals surface area (Å²) in [5.74, 6) is 0. The SMILES string of the molecule is CCCNCc1cnn(-c2ccc(Cl)cc2Cl)c1. The first kappa shape index (κ1) is 13.4. The van der Waals surface area contributed by atoms with Crippen molar-refractivity contribution in [2.24, 2.45) is 0 Å². The molecule has 3 nitrogen and oxygen atoms in total. The molecule has 0 aliphatic rings. The average Bonchev–Trinajstić information content (AvgIpc) is 2.78. The van der Waals surface area contributed by atoms with Gasteiger partial charge in [-0.3, -0.25) is 0 Å². The molecule has 0 atom stereocenters. The zero-order valence-electron chi connectivity index (χ0n) is 10.2. The number of aromatic nitrogens is 2. The van der Waals surface area contributed by atoms with E-state index in [1.807, 2.05) is 18.5 Å². The van der Waals surface area contributed by atoms with Gasteiger partial charge in [0.05, 0.1) is 16.9 Å². The van der Waals surface area contributed by atoms with Crippen molar-refractivity contribution >= 4 is 23.2 Å². The predicted molar refractivity (Wildman–Crippen MR) is 75.6 cm³/mol. The van der Waals surface area contributed by atoms with Crippen LogP contribution in [0.15, 0.2) is 30.6 Å². The Morgan fingerprint density at radius 1 is 1.33 bits per heavy atom. The van der Waals surface area contributed by atoms with E-state index >= 15 is 0 Å². The maximum absolute atomic E-state index is 6.14. The molecule has 0 bridgehead atoms. The number of hydrogen-bond donors (Lipinski definition) is 1. The summed E-state index contributed by atoms with van der Waals surface area (Å²) >= 11 is 12.0. The van der Waals surface area contributed by atoms with Gasteiger partial charge in [-0.15, -0.1) is 0 Å². The molecule has 1 N–H and O–H groups in total. The Morgan fingerprint density at radius 2 is 2.17 bits per heavy atom. The Bertz CT molecular complexity index is 523. The van der Waals surface area contributed by atoms with E-state index in [1.165, 1.54) is 0 Å². The molecule has 0 aliphatic carbocycles. The van der Waals surface area contributed by atoms with Crippen LogP contribution in [-0.4, -0.2) is 16.3 Å². The van der Waals surface area contributed by atoms with E-state index in [4.69, 9.17) is 23.2 Å². The fourth-order valence-electron chi connectivity index (χ4n) is 1.66. The molecule has 1 heterocycles. The summed E-state index contributed by atoms with van der Waals surface area (Å²) < 4.78 is 1.77. The van der Waals surface area contributed by atoms with Gasteiger partial charge in [-0.2, -0.15) is 5.10 Å². The summed E-state index contributed by atoms with van der Waals surface area (Å²) in [7, 11) is 0. The lowest BCUT2D eigenvalue weighted by molar-refractivity contribution is 0.675. The van der Waals surface area contributed by atoms with Gasteiger partial charge in [0.15, 0.2) is 0 Å². The number of benzene rings is 1. The number of nitrogens with one attached hydrogen (secondary N) is 1. The monoisotopic (exact) mass is 283 g/mol. The quantitative estimate of drug-likeness (QED) is 0.849. The van der Waals surface area contributed by atoms with Gasteiger partial charge >= 0.3 is 0 Å². The Balaban J connectivity index is 2.13. The summed E-state index contributed by atoms with van der Waals surface area (Å²) in [6.07, 6.45) is 4.93. The number of hydrogen-bond acceptors (Lipinski definition) is 2. The summed E-state index contributed by atoms with van der Waals surface area (Å²) in [5.41, 5.74) is 1.97. The first-order valence-corrected chi connectivity index (χ1v) is 6.66. The van der Waals surface area contributed by atoms with Crippen molar-refractivity contribution in [1.29, 1.82) is 0 Å². The molecule has 0 saturated carbocycles. The molecule has 1 aromatic carbocycles. The second-order valence-electron chi connectivity index (χ2n) is 4.07. The van der Waals surface area contributed by atoms with E-state index in [-0.39, 0.29) is 0 Å². The number of halogens is 2. The molecule has 1 aromatic heterocycles. The molecule has 0 spiro atoms. The Morgan fingerprint density at radius 3 is 2.89 bits per heavy atom. The molecule has 0 amide bonds. The Hall–Kier alpha value is -1.03. The fraction of sp³-hybridized carbons (Fsp3) is 0.308. The topological polar surface area (TPSA) is 29.9 Å². The number of nitrogens with zero attached hydrogens (tertiary/aromatic N) is 2. The predicted octanol–water partition coefficient (Wildman–Crippen LogP) is 3.68. The van der Waals surface area contributed by atoms with Gasteiger partial charge in [-0.25, -0.2) is 4.68 Å². The third-order valence-corrected chi connectivity index (χ3v) is 3.09. The summed E-state index contributed by atoms with van der Waals surface area (Å²) in [4.78, 5) is 0. The summed E-state index contributed by atoms with van der Waals surface area (Å²) in [6, 6.07) is 5.38. The van der Waals surface area contributed by atoms with Crippen molar-refractivity contribution in [2.45, 2.75) is 19.9 Å².